The van der Waals surface area contributed by atoms with E-state index in [1.807, 2.05) is 0 Å². The maximum Gasteiger partial charge on any atom is 0.321 e. The summed E-state index contributed by atoms with van der Waals surface area (Å²) < 4.78 is 5.58. The van der Waals surface area contributed by atoms with Crippen LogP contribution in [0.3, 0.4) is 0 Å². The molecule has 0 heterocycles. The number of nitrogens with one attached hydrogen (secondary N) is 2. The Morgan fingerprint density at radius 2 is 1.73 bits per heavy atom. The maximum atomic E-state index is 12.2. The Kier molecular flexibility index (Phi) is 7.29. The summed E-state index contributed by atoms with van der Waals surface area (Å²) in [7, 11) is 1.68. The second-order valence-corrected chi connectivity index (χ2v) is 6.07. The monoisotopic (exact) mass is 375 g/mol. The summed E-state index contributed by atoms with van der Waals surface area (Å²) in [6.45, 7) is 2.56. The Bertz CT molecular complexity index is 750. The number of amides is 3. The number of ether oxygens (including phenoxy) is 1. The van der Waals surface area contributed by atoms with Crippen LogP contribution in [0, 0.1) is 0 Å². The van der Waals surface area contributed by atoms with Crippen LogP contribution in [-0.4, -0.2) is 37.0 Å². The van der Waals surface area contributed by atoms with Crippen molar-refractivity contribution >= 4 is 34.9 Å². The zero-order valence-corrected chi connectivity index (χ0v) is 15.5. The third-order valence-electron chi connectivity index (χ3n) is 3.57. The number of carbonyl (C=O) groups excluding carboxylic acids is 2. The number of anilines is 2. The highest BCUT2D eigenvalue weighted by Gasteiger charge is 2.09. The number of urea groups is 1. The van der Waals surface area contributed by atoms with Gasteiger partial charge in [-0.2, -0.15) is 0 Å². The van der Waals surface area contributed by atoms with Gasteiger partial charge in [0.2, 0.25) is 5.91 Å². The van der Waals surface area contributed by atoms with E-state index in [0.29, 0.717) is 41.7 Å². The summed E-state index contributed by atoms with van der Waals surface area (Å²) in [5, 5.41) is 6.19. The molecule has 2 aromatic rings. The van der Waals surface area contributed by atoms with E-state index in [1.165, 1.54) is 4.90 Å². The smallest absolute Gasteiger partial charge is 0.321 e. The Morgan fingerprint density at radius 3 is 2.38 bits per heavy atom. The van der Waals surface area contributed by atoms with E-state index in [-0.39, 0.29) is 11.9 Å². The van der Waals surface area contributed by atoms with Crippen molar-refractivity contribution in [3.63, 3.8) is 0 Å². The number of hydrogen-bond donors (Lipinski definition) is 2. The highest BCUT2D eigenvalue weighted by molar-refractivity contribution is 6.30. The van der Waals surface area contributed by atoms with E-state index in [9.17, 15) is 9.59 Å². The van der Waals surface area contributed by atoms with Crippen LogP contribution in [0.25, 0.3) is 0 Å². The first kappa shape index (κ1) is 19.6. The van der Waals surface area contributed by atoms with Gasteiger partial charge in [-0.15, -0.1) is 0 Å². The zero-order valence-electron chi connectivity index (χ0n) is 14.8. The Hall–Kier alpha value is -2.73. The van der Waals surface area contributed by atoms with Gasteiger partial charge in [0.05, 0.1) is 6.54 Å². The largest absolute Gasteiger partial charge is 0.492 e. The molecule has 0 atom stereocenters. The third-order valence-corrected chi connectivity index (χ3v) is 3.83. The maximum absolute atomic E-state index is 12.2. The number of rotatable bonds is 7. The second-order valence-electron chi connectivity index (χ2n) is 5.64. The van der Waals surface area contributed by atoms with Gasteiger partial charge >= 0.3 is 6.03 Å². The van der Waals surface area contributed by atoms with Crippen molar-refractivity contribution in [1.82, 2.24) is 4.90 Å². The highest BCUT2D eigenvalue weighted by atomic mass is 35.5. The molecule has 0 aliphatic rings. The molecule has 0 bridgehead atoms. The lowest BCUT2D eigenvalue weighted by Crippen LogP contribution is -2.34. The molecule has 0 unspecified atom stereocenters. The van der Waals surface area contributed by atoms with E-state index < -0.39 is 0 Å². The second kappa shape index (κ2) is 9.68. The molecule has 0 fully saturated rings. The summed E-state index contributed by atoms with van der Waals surface area (Å²) in [4.78, 5) is 25.2. The first-order valence-electron chi connectivity index (χ1n) is 8.28. The van der Waals surface area contributed by atoms with Gasteiger partial charge in [0, 0.05) is 29.9 Å². The average molecular weight is 376 g/mol. The molecular weight excluding hydrogens is 354 g/mol. The first-order valence-corrected chi connectivity index (χ1v) is 8.66. The van der Waals surface area contributed by atoms with Gasteiger partial charge in [0.1, 0.15) is 12.4 Å². The van der Waals surface area contributed by atoms with Crippen molar-refractivity contribution in [3.8, 4) is 5.75 Å². The Morgan fingerprint density at radius 1 is 1.08 bits per heavy atom. The summed E-state index contributed by atoms with van der Waals surface area (Å²) >= 11 is 5.82. The molecule has 0 saturated heterocycles. The molecule has 0 spiro atoms. The minimum Gasteiger partial charge on any atom is -0.492 e. The van der Waals surface area contributed by atoms with Gasteiger partial charge < -0.3 is 20.3 Å². The molecule has 7 heteroatoms. The van der Waals surface area contributed by atoms with E-state index in [1.54, 1.807) is 62.5 Å². The van der Waals surface area contributed by atoms with Crippen molar-refractivity contribution in [2.45, 2.75) is 13.3 Å². The molecule has 2 N–H and O–H groups in total. The van der Waals surface area contributed by atoms with E-state index >= 15 is 0 Å². The molecular formula is C19H22ClN3O3. The van der Waals surface area contributed by atoms with E-state index in [4.69, 9.17) is 16.3 Å². The van der Waals surface area contributed by atoms with Crippen molar-refractivity contribution in [3.05, 3.63) is 53.6 Å². The molecule has 2 rings (SSSR count). The van der Waals surface area contributed by atoms with E-state index in [2.05, 4.69) is 10.6 Å². The molecule has 0 aromatic heterocycles. The Balaban J connectivity index is 1.81. The standard InChI is InChI=1S/C19H22ClN3O3/c1-3-18(24)21-15-5-4-6-16(13-15)22-19(25)23(2)11-12-26-17-9-7-14(20)8-10-17/h4-10,13H,3,11-12H2,1-2H3,(H,21,24)(H,22,25). The van der Waals surface area contributed by atoms with Gasteiger partial charge in [-0.05, 0) is 42.5 Å². The van der Waals surface area contributed by atoms with Crippen LogP contribution in [-0.2, 0) is 4.79 Å². The topological polar surface area (TPSA) is 70.7 Å². The van der Waals surface area contributed by atoms with Crippen LogP contribution < -0.4 is 15.4 Å². The number of likely N-dealkylation sites (N-methyl/N-ethyl adjacent to an activating group) is 1. The lowest BCUT2D eigenvalue weighted by Gasteiger charge is -2.18. The van der Waals surface area contributed by atoms with Crippen LogP contribution >= 0.6 is 11.6 Å². The van der Waals surface area contributed by atoms with Gasteiger partial charge in [-0.25, -0.2) is 4.79 Å². The molecule has 138 valence electrons. The quantitative estimate of drug-likeness (QED) is 0.760. The molecule has 0 saturated carbocycles. The first-order chi connectivity index (χ1) is 12.5. The lowest BCUT2D eigenvalue weighted by molar-refractivity contribution is -0.115. The van der Waals surface area contributed by atoms with Gasteiger partial charge in [-0.3, -0.25) is 4.79 Å². The number of hydrogen-bond acceptors (Lipinski definition) is 3. The number of halogens is 1. The minimum atomic E-state index is -0.260. The summed E-state index contributed by atoms with van der Waals surface area (Å²) in [6.07, 6.45) is 0.396. The number of carbonyl (C=O) groups is 2. The lowest BCUT2D eigenvalue weighted by atomic mass is 10.2. The summed E-state index contributed by atoms with van der Waals surface area (Å²) in [5.74, 6) is 0.618. The minimum absolute atomic E-state index is 0.0788. The van der Waals surface area contributed by atoms with Gasteiger partial charge in [0.15, 0.2) is 0 Å². The van der Waals surface area contributed by atoms with Crippen LogP contribution in [0.1, 0.15) is 13.3 Å². The molecule has 3 amide bonds. The Labute approximate surface area is 158 Å². The van der Waals surface area contributed by atoms with Crippen molar-refractivity contribution in [2.75, 3.05) is 30.8 Å². The fraction of sp³-hybridized carbons (Fsp3) is 0.263. The van der Waals surface area contributed by atoms with Crippen molar-refractivity contribution < 1.29 is 14.3 Å². The normalized spacial score (nSPS) is 10.1. The van der Waals surface area contributed by atoms with Crippen LogP contribution in [0.4, 0.5) is 16.2 Å². The van der Waals surface area contributed by atoms with Crippen molar-refractivity contribution in [1.29, 1.82) is 0 Å². The van der Waals surface area contributed by atoms with Crippen LogP contribution in [0.15, 0.2) is 48.5 Å². The van der Waals surface area contributed by atoms with Crippen LogP contribution in [0.5, 0.6) is 5.75 Å². The highest BCUT2D eigenvalue weighted by Crippen LogP contribution is 2.17. The number of benzene rings is 2. The third kappa shape index (κ3) is 6.29. The molecule has 2 aromatic carbocycles. The van der Waals surface area contributed by atoms with Crippen molar-refractivity contribution in [2.24, 2.45) is 0 Å². The van der Waals surface area contributed by atoms with Gasteiger partial charge in [0.25, 0.3) is 0 Å². The van der Waals surface area contributed by atoms with Gasteiger partial charge in [-0.1, -0.05) is 24.6 Å². The SMILES string of the molecule is CCC(=O)Nc1cccc(NC(=O)N(C)CCOc2ccc(Cl)cc2)c1. The molecule has 26 heavy (non-hydrogen) atoms. The van der Waals surface area contributed by atoms with Crippen LogP contribution in [0.2, 0.25) is 5.02 Å². The molecule has 0 aliphatic carbocycles. The fourth-order valence-electron chi connectivity index (χ4n) is 2.08. The molecule has 6 nitrogen and oxygen atoms in total. The molecule has 0 aliphatic heterocycles. The zero-order chi connectivity index (χ0) is 18.9. The fourth-order valence-corrected chi connectivity index (χ4v) is 2.20. The summed E-state index contributed by atoms with van der Waals surface area (Å²) in [5.41, 5.74) is 1.25. The number of nitrogens with zero attached hydrogens (tertiary/aromatic N) is 1. The van der Waals surface area contributed by atoms with E-state index in [0.717, 1.165) is 0 Å². The average Bonchev–Trinajstić information content (AvgIpc) is 2.63. The summed E-state index contributed by atoms with van der Waals surface area (Å²) in [6, 6.07) is 13.8. The molecule has 0 radical (unpaired) electrons. The predicted molar refractivity (Wildman–Crippen MR) is 104 cm³/mol. The predicted octanol–water partition coefficient (Wildman–Crippen LogP) is 4.23.